The second-order valence-corrected chi connectivity index (χ2v) is 12.4. The van der Waals surface area contributed by atoms with Crippen LogP contribution in [-0.4, -0.2) is 96.6 Å². The predicted octanol–water partition coefficient (Wildman–Crippen LogP) is -2.44. The Bertz CT molecular complexity index is 1920. The van der Waals surface area contributed by atoms with Gasteiger partial charge < -0.3 is 34.1 Å². The van der Waals surface area contributed by atoms with Gasteiger partial charge in [-0.05, 0) is 0 Å². The molecule has 4 aromatic rings. The molecule has 0 spiro atoms. The number of rotatable bonds is 2. The van der Waals surface area contributed by atoms with Crippen LogP contribution in [0.1, 0.15) is 18.9 Å². The lowest BCUT2D eigenvalue weighted by atomic mass is 10.1. The van der Waals surface area contributed by atoms with E-state index in [2.05, 4.69) is 40.0 Å². The van der Waals surface area contributed by atoms with Crippen molar-refractivity contribution in [1.29, 1.82) is 0 Å². The van der Waals surface area contributed by atoms with Gasteiger partial charge in [-0.2, -0.15) is 17.8 Å². The highest BCUT2D eigenvalue weighted by Crippen LogP contribution is 2.47. The summed E-state index contributed by atoms with van der Waals surface area (Å²) in [5.74, 6) is 0.109. The number of nitrogens with zero attached hydrogens (tertiary/aromatic N) is 8. The maximum absolute atomic E-state index is 15.7. The molecule has 0 bridgehead atoms. The highest BCUT2D eigenvalue weighted by molar-refractivity contribution is 7.84. The van der Waals surface area contributed by atoms with Crippen molar-refractivity contribution in [1.82, 2.24) is 49.2 Å². The molecule has 3 aliphatic heterocycles. The number of H-pyrrole nitrogens is 1. The molecule has 0 aromatic carbocycles. The molecule has 21 nitrogen and oxygen atoms in total. The lowest BCUT2D eigenvalue weighted by Crippen LogP contribution is -2.45. The highest BCUT2D eigenvalue weighted by Gasteiger charge is 2.51. The molecule has 4 N–H and O–H groups in total. The molecule has 8 atom stereocenters. The number of halogens is 1. The number of aromatic nitrogens is 9. The van der Waals surface area contributed by atoms with E-state index in [9.17, 15) is 22.7 Å². The summed E-state index contributed by atoms with van der Waals surface area (Å²) in [6.45, 7) is -1.59. The number of fused-ring (bicyclic) bond motifs is 4. The first-order valence-electron chi connectivity index (χ1n) is 12.5. The third-order valence-electron chi connectivity index (χ3n) is 7.04. The third-order valence-corrected chi connectivity index (χ3v) is 9.04. The van der Waals surface area contributed by atoms with Crippen molar-refractivity contribution in [3.05, 3.63) is 29.3 Å². The Hall–Kier alpha value is -3.54. The van der Waals surface area contributed by atoms with E-state index < -0.39 is 79.9 Å². The topological polar surface area (TPSA) is 279 Å². The number of hydrogen-bond donors (Lipinski definition) is 3. The molecule has 3 aliphatic rings. The molecule has 230 valence electrons. The largest absolute Gasteiger partial charge is 0.756 e. The van der Waals surface area contributed by atoms with Crippen molar-refractivity contribution in [2.75, 3.05) is 18.9 Å². The number of ether oxygens (including phenoxy) is 2. The minimum absolute atomic E-state index is 0.0291. The summed E-state index contributed by atoms with van der Waals surface area (Å²) >= 11 is 0. The van der Waals surface area contributed by atoms with Crippen LogP contribution in [0.3, 0.4) is 0 Å². The number of alkyl halides is 1. The van der Waals surface area contributed by atoms with Crippen molar-refractivity contribution < 1.29 is 45.0 Å². The second-order valence-electron chi connectivity index (χ2n) is 9.67. The van der Waals surface area contributed by atoms with Crippen LogP contribution in [0.5, 0.6) is 0 Å². The van der Waals surface area contributed by atoms with Crippen molar-refractivity contribution in [2.24, 2.45) is 0 Å². The summed E-state index contributed by atoms with van der Waals surface area (Å²) in [4.78, 5) is 43.2. The van der Waals surface area contributed by atoms with E-state index in [1.54, 1.807) is 0 Å². The Kier molecular flexibility index (Phi) is 6.75. The number of anilines is 1. The molecule has 24 heteroatoms. The fraction of sp³-hybridized carbons (Fsp3) is 0.526. The number of nitrogen functional groups attached to an aromatic ring is 1. The zero-order valence-electron chi connectivity index (χ0n) is 21.4. The second kappa shape index (κ2) is 10.3. The van der Waals surface area contributed by atoms with Gasteiger partial charge in [-0.15, -0.1) is 5.10 Å². The Morgan fingerprint density at radius 2 is 1.95 bits per heavy atom. The summed E-state index contributed by atoms with van der Waals surface area (Å²) in [5.41, 5.74) is 5.32. The van der Waals surface area contributed by atoms with E-state index in [0.717, 1.165) is 11.0 Å². The van der Waals surface area contributed by atoms with Gasteiger partial charge in [-0.3, -0.25) is 18.1 Å². The number of imidazole rings is 1. The van der Waals surface area contributed by atoms with Crippen molar-refractivity contribution in [2.45, 2.75) is 49.4 Å². The number of nitrogens with one attached hydrogen (secondary N) is 2. The van der Waals surface area contributed by atoms with Gasteiger partial charge in [0.1, 0.15) is 36.4 Å². The standard InChI is InChI=1S/C19H21FN11O10PS/c20-11-14-9(40-19(11)31-17-13(27-29-31)18(32)25-5-24-17)3-38-43(35,36)28-7-1-10(39-8(7)2-37-42(33,34)41-14)30-6-26-12-15(21)22-4-23-16(12)30/h4-11,14,19,28H,1-3H2,(H,33,34)(H2,21,22,23)(H,24,25,32)/p-1/t7-,8+,9+,10+,11+,14+,19+/m0/s1. The summed E-state index contributed by atoms with van der Waals surface area (Å²) in [6.07, 6.45) is -6.04. The van der Waals surface area contributed by atoms with Gasteiger partial charge in [0, 0.05) is 6.42 Å². The van der Waals surface area contributed by atoms with Crippen LogP contribution in [-0.2, 0) is 37.6 Å². The van der Waals surface area contributed by atoms with Crippen LogP contribution in [0.25, 0.3) is 22.3 Å². The maximum Gasteiger partial charge on any atom is 0.336 e. The predicted molar refractivity (Wildman–Crippen MR) is 133 cm³/mol. The van der Waals surface area contributed by atoms with Crippen LogP contribution in [0.4, 0.5) is 10.2 Å². The first-order valence-corrected chi connectivity index (χ1v) is 15.3. The van der Waals surface area contributed by atoms with Crippen LogP contribution in [0, 0.1) is 0 Å². The smallest absolute Gasteiger partial charge is 0.336 e. The van der Waals surface area contributed by atoms with Crippen molar-refractivity contribution in [3.63, 3.8) is 0 Å². The minimum Gasteiger partial charge on any atom is -0.756 e. The fourth-order valence-corrected chi connectivity index (χ4v) is 7.02. The van der Waals surface area contributed by atoms with E-state index in [1.165, 1.54) is 17.2 Å². The average Bonchev–Trinajstić information content (AvgIpc) is 3.72. The van der Waals surface area contributed by atoms with Gasteiger partial charge in [0.2, 0.25) is 0 Å². The number of phosphoric acid groups is 1. The average molecular weight is 644 g/mol. The van der Waals surface area contributed by atoms with Gasteiger partial charge in [-0.1, -0.05) is 5.21 Å². The molecule has 0 saturated carbocycles. The van der Waals surface area contributed by atoms with Gasteiger partial charge >= 0.3 is 10.3 Å². The zero-order chi connectivity index (χ0) is 30.1. The Morgan fingerprint density at radius 3 is 2.79 bits per heavy atom. The molecule has 7 heterocycles. The number of aromatic amines is 1. The molecule has 0 amide bonds. The maximum atomic E-state index is 15.7. The normalized spacial score (nSPS) is 34.9. The monoisotopic (exact) mass is 644 g/mol. The summed E-state index contributed by atoms with van der Waals surface area (Å²) in [7, 11) is -9.82. The van der Waals surface area contributed by atoms with E-state index in [1.807, 2.05) is 0 Å². The Morgan fingerprint density at radius 1 is 1.12 bits per heavy atom. The van der Waals surface area contributed by atoms with E-state index in [0.29, 0.717) is 5.65 Å². The quantitative estimate of drug-likeness (QED) is 0.191. The SMILES string of the molecule is Nc1ncnc2c1ncn2[C@H]1C[C@@H]2NS(=O)(=O)OC[C@H]3O[C@@H](n4nnc5c(=O)[nH]cnc54)[C@H](F)[C@@H]3OP(=O)([O-])OC[C@H]2O1. The molecule has 0 radical (unpaired) electrons. The Balaban J connectivity index is 1.15. The third kappa shape index (κ3) is 5.07. The van der Waals surface area contributed by atoms with Gasteiger partial charge in [0.25, 0.3) is 13.4 Å². The van der Waals surface area contributed by atoms with E-state index >= 15 is 4.39 Å². The van der Waals surface area contributed by atoms with E-state index in [-0.39, 0.29) is 28.9 Å². The number of nitrogens with two attached hydrogens (primary N) is 1. The van der Waals surface area contributed by atoms with Crippen LogP contribution in [0.2, 0.25) is 0 Å². The zero-order valence-corrected chi connectivity index (χ0v) is 23.1. The molecule has 4 aromatic heterocycles. The molecule has 0 aliphatic carbocycles. The molecule has 3 fully saturated rings. The summed E-state index contributed by atoms with van der Waals surface area (Å²) < 4.78 is 85.6. The van der Waals surface area contributed by atoms with Crippen molar-refractivity contribution >= 4 is 46.3 Å². The van der Waals surface area contributed by atoms with Crippen LogP contribution >= 0.6 is 7.82 Å². The molecular weight excluding hydrogens is 624 g/mol. The summed E-state index contributed by atoms with van der Waals surface area (Å²) in [6, 6.07) is -1.06. The van der Waals surface area contributed by atoms with E-state index in [4.69, 9.17) is 28.4 Å². The lowest BCUT2D eigenvalue weighted by Gasteiger charge is -2.31. The molecule has 43 heavy (non-hydrogen) atoms. The Labute approximate surface area is 238 Å². The summed E-state index contributed by atoms with van der Waals surface area (Å²) in [5, 5.41) is 7.34. The van der Waals surface area contributed by atoms with Gasteiger partial charge in [0.15, 0.2) is 35.0 Å². The first-order chi connectivity index (χ1) is 20.5. The lowest BCUT2D eigenvalue weighted by molar-refractivity contribution is -0.235. The van der Waals surface area contributed by atoms with Crippen LogP contribution in [0.15, 0.2) is 23.8 Å². The first kappa shape index (κ1) is 28.2. The minimum atomic E-state index is -5.27. The van der Waals surface area contributed by atoms with Crippen molar-refractivity contribution in [3.8, 4) is 0 Å². The fourth-order valence-electron chi connectivity index (χ4n) is 5.08. The highest BCUT2D eigenvalue weighted by atomic mass is 32.2. The number of hydrogen-bond acceptors (Lipinski definition) is 17. The van der Waals surface area contributed by atoms with Crippen LogP contribution < -0.4 is 20.9 Å². The van der Waals surface area contributed by atoms with Gasteiger partial charge in [0.05, 0.1) is 31.9 Å². The molecular formula is C19H20FN11O10PS-. The number of phosphoric ester groups is 1. The molecule has 7 rings (SSSR count). The van der Waals surface area contributed by atoms with Gasteiger partial charge in [-0.25, -0.2) is 24.3 Å². The molecule has 3 saturated heterocycles. The molecule has 1 unspecified atom stereocenters.